The van der Waals surface area contributed by atoms with Gasteiger partial charge in [-0.1, -0.05) is 0 Å². The van der Waals surface area contributed by atoms with Crippen molar-refractivity contribution in [2.24, 2.45) is 5.73 Å². The number of nitrogens with one attached hydrogen (secondary N) is 1. The summed E-state index contributed by atoms with van der Waals surface area (Å²) in [5.74, 6) is 0.362. The lowest BCUT2D eigenvalue weighted by atomic mass is 9.95. The molecule has 0 bridgehead atoms. The number of hydrogen-bond donors (Lipinski definition) is 2. The van der Waals surface area contributed by atoms with Crippen LogP contribution in [-0.2, 0) is 19.8 Å². The highest BCUT2D eigenvalue weighted by Gasteiger charge is 2.39. The lowest BCUT2D eigenvalue weighted by Gasteiger charge is -2.26. The van der Waals surface area contributed by atoms with Crippen LogP contribution >= 0.6 is 0 Å². The normalized spacial score (nSPS) is 22.6. The standard InChI is InChI=1S/C23H25F2N5O4/c1-32-23(3-5-34-11-23)19-7-14(21(24)25)6-16(28-19)15-8-17(13-2-4-33-10-13)30-12-27-20(9-18(15)30)29-22(26)31/h6-9,12-13,21H,2-5,10-11H2,1H3,(H3,26,29,31)/t13?,23-/m1/s1. The number of rotatable bonds is 6. The highest BCUT2D eigenvalue weighted by Crippen LogP contribution is 2.39. The average Bonchev–Trinajstić information content (AvgIpc) is 3.58. The van der Waals surface area contributed by atoms with Crippen molar-refractivity contribution in [1.82, 2.24) is 14.4 Å². The van der Waals surface area contributed by atoms with Gasteiger partial charge in [0.1, 0.15) is 17.7 Å². The van der Waals surface area contributed by atoms with Gasteiger partial charge in [-0.05, 0) is 24.6 Å². The Morgan fingerprint density at radius 2 is 2.15 bits per heavy atom. The van der Waals surface area contributed by atoms with Crippen LogP contribution in [0.3, 0.4) is 0 Å². The summed E-state index contributed by atoms with van der Waals surface area (Å²) in [6.07, 6.45) is 0.228. The van der Waals surface area contributed by atoms with E-state index in [2.05, 4.69) is 10.3 Å². The number of carbonyl (C=O) groups excluding carboxylic acids is 1. The van der Waals surface area contributed by atoms with E-state index < -0.39 is 18.1 Å². The fourth-order valence-corrected chi connectivity index (χ4v) is 4.67. The number of anilines is 1. The van der Waals surface area contributed by atoms with Crippen molar-refractivity contribution in [1.29, 1.82) is 0 Å². The van der Waals surface area contributed by atoms with Crippen molar-refractivity contribution < 1.29 is 27.8 Å². The minimum atomic E-state index is -2.69. The van der Waals surface area contributed by atoms with Gasteiger partial charge in [0.2, 0.25) is 0 Å². The quantitative estimate of drug-likeness (QED) is 0.566. The molecule has 2 fully saturated rings. The number of alkyl halides is 2. The molecule has 2 amide bonds. The van der Waals surface area contributed by atoms with Gasteiger partial charge >= 0.3 is 6.03 Å². The number of hydrogen-bond acceptors (Lipinski definition) is 6. The highest BCUT2D eigenvalue weighted by molar-refractivity contribution is 5.89. The zero-order chi connectivity index (χ0) is 23.9. The second kappa shape index (κ2) is 8.90. The van der Waals surface area contributed by atoms with E-state index in [1.165, 1.54) is 19.2 Å². The first-order valence-electron chi connectivity index (χ1n) is 11.0. The molecule has 3 aromatic heterocycles. The van der Waals surface area contributed by atoms with E-state index in [-0.39, 0.29) is 23.9 Å². The Kier molecular flexibility index (Phi) is 5.92. The maximum atomic E-state index is 13.9. The third kappa shape index (κ3) is 3.99. The Labute approximate surface area is 194 Å². The number of fused-ring (bicyclic) bond motifs is 1. The second-order valence-corrected chi connectivity index (χ2v) is 8.53. The Morgan fingerprint density at radius 1 is 1.29 bits per heavy atom. The Hall–Kier alpha value is -3.15. The van der Waals surface area contributed by atoms with Crippen LogP contribution in [0.5, 0.6) is 0 Å². The third-order valence-corrected chi connectivity index (χ3v) is 6.51. The van der Waals surface area contributed by atoms with Crippen molar-refractivity contribution in [2.45, 2.75) is 30.8 Å². The molecule has 0 aromatic carbocycles. The third-order valence-electron chi connectivity index (χ3n) is 6.51. The van der Waals surface area contributed by atoms with Crippen molar-refractivity contribution in [3.05, 3.63) is 47.5 Å². The van der Waals surface area contributed by atoms with Gasteiger partial charge in [-0.15, -0.1) is 0 Å². The number of pyridine rings is 1. The first-order chi connectivity index (χ1) is 16.4. The van der Waals surface area contributed by atoms with Crippen LogP contribution < -0.4 is 11.1 Å². The number of urea groups is 1. The van der Waals surface area contributed by atoms with Crippen LogP contribution in [0.25, 0.3) is 16.8 Å². The molecule has 180 valence electrons. The monoisotopic (exact) mass is 473 g/mol. The van der Waals surface area contributed by atoms with Gasteiger partial charge in [0, 0.05) is 55.5 Å². The number of halogens is 2. The number of primary amides is 1. The molecule has 3 aromatic rings. The van der Waals surface area contributed by atoms with E-state index in [0.717, 1.165) is 12.1 Å². The lowest BCUT2D eigenvalue weighted by Crippen LogP contribution is -2.30. The van der Waals surface area contributed by atoms with E-state index in [9.17, 15) is 13.6 Å². The predicted octanol–water partition coefficient (Wildman–Crippen LogP) is 3.59. The molecule has 1 unspecified atom stereocenters. The highest BCUT2D eigenvalue weighted by atomic mass is 19.3. The summed E-state index contributed by atoms with van der Waals surface area (Å²) in [5.41, 5.74) is 7.19. The maximum Gasteiger partial charge on any atom is 0.317 e. The largest absolute Gasteiger partial charge is 0.381 e. The summed E-state index contributed by atoms with van der Waals surface area (Å²) in [5, 5.41) is 2.47. The number of carbonyl (C=O) groups is 1. The van der Waals surface area contributed by atoms with E-state index in [4.69, 9.17) is 24.9 Å². The Bertz CT molecular complexity index is 1220. The fourth-order valence-electron chi connectivity index (χ4n) is 4.67. The second-order valence-electron chi connectivity index (χ2n) is 8.53. The molecule has 3 N–H and O–H groups in total. The number of ether oxygens (including phenoxy) is 3. The fraction of sp³-hybridized carbons (Fsp3) is 0.435. The minimum absolute atomic E-state index is 0.115. The Balaban J connectivity index is 1.71. The summed E-state index contributed by atoms with van der Waals surface area (Å²) in [4.78, 5) is 20.4. The van der Waals surface area contributed by atoms with Gasteiger partial charge < -0.3 is 24.3 Å². The van der Waals surface area contributed by atoms with Crippen LogP contribution in [0.1, 0.15) is 42.1 Å². The summed E-state index contributed by atoms with van der Waals surface area (Å²) >= 11 is 0. The molecule has 0 spiro atoms. The molecule has 5 heterocycles. The minimum Gasteiger partial charge on any atom is -0.381 e. The first-order valence-corrected chi connectivity index (χ1v) is 11.0. The van der Waals surface area contributed by atoms with Crippen molar-refractivity contribution in [2.75, 3.05) is 38.9 Å². The zero-order valence-electron chi connectivity index (χ0n) is 18.6. The first kappa shape index (κ1) is 22.6. The van der Waals surface area contributed by atoms with E-state index >= 15 is 0 Å². The van der Waals surface area contributed by atoms with E-state index in [1.807, 2.05) is 10.5 Å². The van der Waals surface area contributed by atoms with Crippen molar-refractivity contribution in [3.63, 3.8) is 0 Å². The van der Waals surface area contributed by atoms with E-state index in [0.29, 0.717) is 48.7 Å². The molecule has 0 radical (unpaired) electrons. The molecule has 2 aliphatic rings. The Morgan fingerprint density at radius 3 is 2.79 bits per heavy atom. The van der Waals surface area contributed by atoms with Crippen LogP contribution in [-0.4, -0.2) is 53.9 Å². The summed E-state index contributed by atoms with van der Waals surface area (Å²) < 4.78 is 46.6. The molecular formula is C23H25F2N5O4. The topological polar surface area (TPSA) is 113 Å². The summed E-state index contributed by atoms with van der Waals surface area (Å²) in [6, 6.07) is 5.60. The van der Waals surface area contributed by atoms with E-state index in [1.54, 1.807) is 12.4 Å². The molecule has 34 heavy (non-hydrogen) atoms. The zero-order valence-corrected chi connectivity index (χ0v) is 18.6. The van der Waals surface area contributed by atoms with Crippen LogP contribution in [0, 0.1) is 0 Å². The summed E-state index contributed by atoms with van der Waals surface area (Å²) in [6.45, 7) is 1.88. The molecular weight excluding hydrogens is 448 g/mol. The summed E-state index contributed by atoms with van der Waals surface area (Å²) in [7, 11) is 1.53. The number of aromatic nitrogens is 3. The molecule has 2 atom stereocenters. The van der Waals surface area contributed by atoms with Gasteiger partial charge in [0.05, 0.1) is 30.1 Å². The SMILES string of the molecule is CO[C@]1(c2cc(C(F)F)cc(-c3cc(C4CCOC4)n4cnc(NC(N)=O)cc34)n2)CCOC1. The number of methoxy groups -OCH3 is 1. The van der Waals surface area contributed by atoms with Gasteiger partial charge in [0.15, 0.2) is 0 Å². The van der Waals surface area contributed by atoms with Crippen LogP contribution in [0.15, 0.2) is 30.6 Å². The molecule has 5 rings (SSSR count). The number of amides is 2. The maximum absolute atomic E-state index is 13.9. The lowest BCUT2D eigenvalue weighted by molar-refractivity contribution is -0.0247. The van der Waals surface area contributed by atoms with Gasteiger partial charge in [-0.3, -0.25) is 5.32 Å². The molecule has 0 saturated carbocycles. The average molecular weight is 473 g/mol. The molecule has 0 aliphatic carbocycles. The molecule has 2 aliphatic heterocycles. The van der Waals surface area contributed by atoms with Gasteiger partial charge in [-0.25, -0.2) is 23.5 Å². The van der Waals surface area contributed by atoms with Crippen LogP contribution in [0.2, 0.25) is 0 Å². The van der Waals surface area contributed by atoms with Crippen molar-refractivity contribution in [3.8, 4) is 11.3 Å². The smallest absolute Gasteiger partial charge is 0.317 e. The van der Waals surface area contributed by atoms with Crippen molar-refractivity contribution >= 4 is 17.4 Å². The number of nitrogens with two attached hydrogens (primary N) is 1. The molecule has 11 heteroatoms. The van der Waals surface area contributed by atoms with Gasteiger partial charge in [-0.2, -0.15) is 0 Å². The molecule has 2 saturated heterocycles. The van der Waals surface area contributed by atoms with Crippen LogP contribution in [0.4, 0.5) is 19.4 Å². The predicted molar refractivity (Wildman–Crippen MR) is 119 cm³/mol. The number of nitrogens with zero attached hydrogens (tertiary/aromatic N) is 3. The van der Waals surface area contributed by atoms with Gasteiger partial charge in [0.25, 0.3) is 6.43 Å². The molecule has 9 nitrogen and oxygen atoms in total.